The molecule has 6 heteroatoms. The van der Waals surface area contributed by atoms with E-state index in [0.717, 1.165) is 12.8 Å². The number of carbonyl (C=O) groups excluding carboxylic acids is 1. The van der Waals surface area contributed by atoms with Crippen LogP contribution in [0.25, 0.3) is 0 Å². The van der Waals surface area contributed by atoms with E-state index in [9.17, 15) is 4.79 Å². The molecule has 1 aromatic carbocycles. The lowest BCUT2D eigenvalue weighted by atomic mass is 10.1. The lowest BCUT2D eigenvalue weighted by molar-refractivity contribution is 0.0587. The van der Waals surface area contributed by atoms with Crippen molar-refractivity contribution in [3.63, 3.8) is 0 Å². The third kappa shape index (κ3) is 3.64. The number of likely N-dealkylation sites (tertiary alicyclic amines) is 1. The molecular formula is C17H16N4O2. The molecule has 1 fully saturated rings. The van der Waals surface area contributed by atoms with Gasteiger partial charge in [0.25, 0.3) is 5.91 Å². The number of amides is 1. The summed E-state index contributed by atoms with van der Waals surface area (Å²) in [6.45, 7) is 1.25. The second-order valence-corrected chi connectivity index (χ2v) is 5.35. The fourth-order valence-corrected chi connectivity index (χ4v) is 2.60. The molecule has 0 N–H and O–H groups in total. The van der Waals surface area contributed by atoms with Crippen molar-refractivity contribution in [2.24, 2.45) is 0 Å². The molecule has 2 aromatic rings. The van der Waals surface area contributed by atoms with Crippen molar-refractivity contribution in [1.29, 1.82) is 5.26 Å². The van der Waals surface area contributed by atoms with Crippen LogP contribution in [0.2, 0.25) is 0 Å². The third-order valence-corrected chi connectivity index (χ3v) is 3.79. The van der Waals surface area contributed by atoms with Gasteiger partial charge in [0.05, 0.1) is 17.8 Å². The lowest BCUT2D eigenvalue weighted by Gasteiger charge is -2.31. The first kappa shape index (κ1) is 15.0. The molecule has 116 valence electrons. The Morgan fingerprint density at radius 3 is 2.83 bits per heavy atom. The maximum absolute atomic E-state index is 12.5. The first-order valence-electron chi connectivity index (χ1n) is 7.48. The standard InChI is InChI=1S/C17H16N4O2/c18-11-13-2-1-3-14(10-13)17(22)21-8-4-15(5-9-21)23-16-12-19-6-7-20-16/h1-3,6-7,10,12,15H,4-5,8-9H2. The largest absolute Gasteiger partial charge is 0.473 e. The first-order valence-corrected chi connectivity index (χ1v) is 7.48. The highest BCUT2D eigenvalue weighted by Gasteiger charge is 2.25. The number of rotatable bonds is 3. The van der Waals surface area contributed by atoms with Crippen molar-refractivity contribution in [1.82, 2.24) is 14.9 Å². The smallest absolute Gasteiger partial charge is 0.253 e. The molecule has 0 aliphatic carbocycles. The zero-order valence-electron chi connectivity index (χ0n) is 12.6. The Hall–Kier alpha value is -2.94. The highest BCUT2D eigenvalue weighted by molar-refractivity contribution is 5.94. The molecule has 1 aromatic heterocycles. The average Bonchev–Trinajstić information content (AvgIpc) is 2.63. The fraction of sp³-hybridized carbons (Fsp3) is 0.294. The molecule has 1 aliphatic rings. The molecule has 1 amide bonds. The number of piperidine rings is 1. The average molecular weight is 308 g/mol. The number of hydrogen-bond donors (Lipinski definition) is 0. The van der Waals surface area contributed by atoms with E-state index in [1.807, 2.05) is 0 Å². The Labute approximate surface area is 134 Å². The molecule has 3 rings (SSSR count). The second kappa shape index (κ2) is 6.88. The van der Waals surface area contributed by atoms with Gasteiger partial charge in [0, 0.05) is 43.9 Å². The van der Waals surface area contributed by atoms with Crippen molar-refractivity contribution in [3.8, 4) is 11.9 Å². The maximum Gasteiger partial charge on any atom is 0.253 e. The molecule has 0 unspecified atom stereocenters. The molecule has 6 nitrogen and oxygen atoms in total. The van der Waals surface area contributed by atoms with Gasteiger partial charge in [0.15, 0.2) is 0 Å². The van der Waals surface area contributed by atoms with Crippen LogP contribution >= 0.6 is 0 Å². The summed E-state index contributed by atoms with van der Waals surface area (Å²) in [6.07, 6.45) is 6.33. The number of nitriles is 1. The van der Waals surface area contributed by atoms with Gasteiger partial charge in [-0.2, -0.15) is 5.26 Å². The van der Waals surface area contributed by atoms with Crippen molar-refractivity contribution < 1.29 is 9.53 Å². The predicted octanol–water partition coefficient (Wildman–Crippen LogP) is 2.03. The van der Waals surface area contributed by atoms with E-state index in [1.165, 1.54) is 0 Å². The molecule has 0 saturated carbocycles. The monoisotopic (exact) mass is 308 g/mol. The topological polar surface area (TPSA) is 79.1 Å². The van der Waals surface area contributed by atoms with E-state index in [-0.39, 0.29) is 12.0 Å². The summed E-state index contributed by atoms with van der Waals surface area (Å²) in [5.41, 5.74) is 1.05. The van der Waals surface area contributed by atoms with Crippen molar-refractivity contribution in [2.45, 2.75) is 18.9 Å². The Kier molecular flexibility index (Phi) is 4.48. The fourth-order valence-electron chi connectivity index (χ4n) is 2.60. The molecule has 2 heterocycles. The van der Waals surface area contributed by atoms with E-state index < -0.39 is 0 Å². The minimum Gasteiger partial charge on any atom is -0.473 e. The molecule has 1 aliphatic heterocycles. The normalized spacial score (nSPS) is 15.0. The van der Waals surface area contributed by atoms with Gasteiger partial charge >= 0.3 is 0 Å². The van der Waals surface area contributed by atoms with Gasteiger partial charge in [-0.25, -0.2) is 4.98 Å². The Morgan fingerprint density at radius 1 is 1.30 bits per heavy atom. The summed E-state index contributed by atoms with van der Waals surface area (Å²) in [5.74, 6) is 0.471. The third-order valence-electron chi connectivity index (χ3n) is 3.79. The van der Waals surface area contributed by atoms with E-state index >= 15 is 0 Å². The summed E-state index contributed by atoms with van der Waals surface area (Å²) in [4.78, 5) is 22.4. The molecule has 0 atom stereocenters. The van der Waals surface area contributed by atoms with Crippen LogP contribution in [-0.4, -0.2) is 40.0 Å². The van der Waals surface area contributed by atoms with E-state index in [2.05, 4.69) is 16.0 Å². The number of benzene rings is 1. The molecule has 23 heavy (non-hydrogen) atoms. The van der Waals surface area contributed by atoms with Gasteiger partial charge in [0.1, 0.15) is 6.10 Å². The predicted molar refractivity (Wildman–Crippen MR) is 82.7 cm³/mol. The summed E-state index contributed by atoms with van der Waals surface area (Å²) in [6, 6.07) is 8.85. The van der Waals surface area contributed by atoms with Crippen LogP contribution in [0.4, 0.5) is 0 Å². The number of nitrogens with zero attached hydrogens (tertiary/aromatic N) is 4. The van der Waals surface area contributed by atoms with Gasteiger partial charge in [-0.15, -0.1) is 0 Å². The lowest BCUT2D eigenvalue weighted by Crippen LogP contribution is -2.41. The number of carbonyl (C=O) groups is 1. The Morgan fingerprint density at radius 2 is 2.13 bits per heavy atom. The highest BCUT2D eigenvalue weighted by Crippen LogP contribution is 2.18. The number of hydrogen-bond acceptors (Lipinski definition) is 5. The van der Waals surface area contributed by atoms with Gasteiger partial charge < -0.3 is 9.64 Å². The molecule has 1 saturated heterocycles. The second-order valence-electron chi connectivity index (χ2n) is 5.35. The minimum atomic E-state index is -0.0416. The van der Waals surface area contributed by atoms with Crippen LogP contribution in [0.3, 0.4) is 0 Å². The first-order chi connectivity index (χ1) is 11.3. The summed E-state index contributed by atoms with van der Waals surface area (Å²) >= 11 is 0. The molecule has 0 radical (unpaired) electrons. The zero-order chi connectivity index (χ0) is 16.1. The van der Waals surface area contributed by atoms with Crippen LogP contribution in [0.1, 0.15) is 28.8 Å². The summed E-state index contributed by atoms with van der Waals surface area (Å²) in [7, 11) is 0. The molecule has 0 spiro atoms. The van der Waals surface area contributed by atoms with Crippen LogP contribution in [0.5, 0.6) is 5.88 Å². The highest BCUT2D eigenvalue weighted by atomic mass is 16.5. The van der Waals surface area contributed by atoms with E-state index in [0.29, 0.717) is 30.1 Å². The van der Waals surface area contributed by atoms with Crippen molar-refractivity contribution in [2.75, 3.05) is 13.1 Å². The van der Waals surface area contributed by atoms with Crippen LogP contribution < -0.4 is 4.74 Å². The number of aromatic nitrogens is 2. The van der Waals surface area contributed by atoms with Gasteiger partial charge in [0.2, 0.25) is 5.88 Å². The minimum absolute atomic E-state index is 0.0416. The Balaban J connectivity index is 1.58. The molecule has 0 bridgehead atoms. The van der Waals surface area contributed by atoms with Crippen molar-refractivity contribution >= 4 is 5.91 Å². The summed E-state index contributed by atoms with van der Waals surface area (Å²) in [5, 5.41) is 8.93. The van der Waals surface area contributed by atoms with Crippen LogP contribution in [0, 0.1) is 11.3 Å². The van der Waals surface area contributed by atoms with Gasteiger partial charge in [-0.3, -0.25) is 9.78 Å². The maximum atomic E-state index is 12.5. The quantitative estimate of drug-likeness (QED) is 0.867. The van der Waals surface area contributed by atoms with Gasteiger partial charge in [-0.1, -0.05) is 6.07 Å². The SMILES string of the molecule is N#Cc1cccc(C(=O)N2CCC(Oc3cnccn3)CC2)c1. The van der Waals surface area contributed by atoms with Crippen molar-refractivity contribution in [3.05, 3.63) is 54.0 Å². The van der Waals surface area contributed by atoms with E-state index in [4.69, 9.17) is 10.00 Å². The van der Waals surface area contributed by atoms with Gasteiger partial charge in [-0.05, 0) is 18.2 Å². The molecular weight excluding hydrogens is 292 g/mol. The number of ether oxygens (including phenoxy) is 1. The summed E-state index contributed by atoms with van der Waals surface area (Å²) < 4.78 is 5.77. The van der Waals surface area contributed by atoms with Crippen LogP contribution in [0.15, 0.2) is 42.9 Å². The Bertz CT molecular complexity index is 719. The van der Waals surface area contributed by atoms with Crippen LogP contribution in [-0.2, 0) is 0 Å². The zero-order valence-corrected chi connectivity index (χ0v) is 12.6. The van der Waals surface area contributed by atoms with E-state index in [1.54, 1.807) is 47.8 Å².